The first-order chi connectivity index (χ1) is 8.04. The third-order valence-corrected chi connectivity index (χ3v) is 2.15. The molecule has 0 fully saturated rings. The number of para-hydroxylation sites is 1. The lowest BCUT2D eigenvalue weighted by Crippen LogP contribution is -2.16. The van der Waals surface area contributed by atoms with E-state index in [0.29, 0.717) is 0 Å². The van der Waals surface area contributed by atoms with Gasteiger partial charge in [-0.2, -0.15) is 5.26 Å². The topological polar surface area (TPSA) is 56.1 Å². The third kappa shape index (κ3) is 3.65. The Morgan fingerprint density at radius 3 is 2.59 bits per heavy atom. The van der Waals surface area contributed by atoms with Crippen LogP contribution in [0.1, 0.15) is 5.56 Å². The minimum Gasteiger partial charge on any atom is -0.382 e. The predicted molar refractivity (Wildman–Crippen MR) is 67.2 cm³/mol. The van der Waals surface area contributed by atoms with Crippen LogP contribution >= 0.6 is 0 Å². The van der Waals surface area contributed by atoms with Gasteiger partial charge in [-0.25, -0.2) is 0 Å². The molecule has 4 heteroatoms. The molecule has 0 radical (unpaired) electrons. The average molecular weight is 229 g/mol. The van der Waals surface area contributed by atoms with Gasteiger partial charge in [0, 0.05) is 26.0 Å². The van der Waals surface area contributed by atoms with Crippen molar-refractivity contribution in [2.45, 2.75) is 6.92 Å². The molecule has 0 spiro atoms. The van der Waals surface area contributed by atoms with Crippen LogP contribution in [-0.2, 0) is 4.79 Å². The molecule has 0 bridgehead atoms. The maximum absolute atomic E-state index is 11.8. The van der Waals surface area contributed by atoms with Gasteiger partial charge in [-0.3, -0.25) is 4.79 Å². The number of carbonyl (C=O) groups is 1. The first-order valence-electron chi connectivity index (χ1n) is 5.20. The number of anilines is 1. The van der Waals surface area contributed by atoms with Gasteiger partial charge < -0.3 is 10.2 Å². The summed E-state index contributed by atoms with van der Waals surface area (Å²) in [7, 11) is 3.52. The first kappa shape index (κ1) is 12.8. The van der Waals surface area contributed by atoms with Crippen molar-refractivity contribution >= 4 is 11.6 Å². The monoisotopic (exact) mass is 229 g/mol. The van der Waals surface area contributed by atoms with E-state index in [1.165, 1.54) is 6.20 Å². The summed E-state index contributed by atoms with van der Waals surface area (Å²) in [5.74, 6) is -0.393. The summed E-state index contributed by atoms with van der Waals surface area (Å²) in [5, 5.41) is 11.6. The van der Waals surface area contributed by atoms with Crippen LogP contribution in [0, 0.1) is 18.3 Å². The number of benzene rings is 1. The molecule has 0 atom stereocenters. The van der Waals surface area contributed by atoms with Crippen molar-refractivity contribution in [1.82, 2.24) is 4.90 Å². The number of aryl methyl sites for hydroxylation is 1. The van der Waals surface area contributed by atoms with Gasteiger partial charge >= 0.3 is 0 Å². The number of hydrogen-bond acceptors (Lipinski definition) is 3. The van der Waals surface area contributed by atoms with Crippen molar-refractivity contribution < 1.29 is 4.79 Å². The van der Waals surface area contributed by atoms with Crippen LogP contribution in [0.5, 0.6) is 0 Å². The van der Waals surface area contributed by atoms with Gasteiger partial charge in [0.15, 0.2) is 0 Å². The highest BCUT2D eigenvalue weighted by molar-refractivity contribution is 6.06. The second kappa shape index (κ2) is 5.71. The smallest absolute Gasteiger partial charge is 0.267 e. The van der Waals surface area contributed by atoms with Crippen LogP contribution in [0.15, 0.2) is 36.0 Å². The molecule has 1 aromatic rings. The molecule has 1 rings (SSSR count). The minimum atomic E-state index is -0.393. The number of nitriles is 1. The molecular formula is C13H15N3O. The van der Waals surface area contributed by atoms with Crippen LogP contribution in [0.25, 0.3) is 0 Å². The van der Waals surface area contributed by atoms with Crippen LogP contribution < -0.4 is 5.32 Å². The highest BCUT2D eigenvalue weighted by Crippen LogP contribution is 2.14. The van der Waals surface area contributed by atoms with E-state index in [1.807, 2.05) is 31.2 Å². The fourth-order valence-electron chi connectivity index (χ4n) is 1.30. The van der Waals surface area contributed by atoms with Gasteiger partial charge in [-0.1, -0.05) is 18.2 Å². The highest BCUT2D eigenvalue weighted by Gasteiger charge is 2.10. The van der Waals surface area contributed by atoms with Gasteiger partial charge in [0.2, 0.25) is 0 Å². The Hall–Kier alpha value is -2.28. The second-order valence-electron chi connectivity index (χ2n) is 3.89. The highest BCUT2D eigenvalue weighted by atomic mass is 16.1. The van der Waals surface area contributed by atoms with Crippen LogP contribution in [-0.4, -0.2) is 24.9 Å². The zero-order valence-electron chi connectivity index (χ0n) is 10.2. The predicted octanol–water partition coefficient (Wildman–Crippen LogP) is 1.90. The average Bonchev–Trinajstić information content (AvgIpc) is 2.28. The summed E-state index contributed by atoms with van der Waals surface area (Å²) in [6.07, 6.45) is 1.49. The van der Waals surface area contributed by atoms with Crippen molar-refractivity contribution in [1.29, 1.82) is 5.26 Å². The van der Waals surface area contributed by atoms with E-state index in [9.17, 15) is 4.79 Å². The Labute approximate surface area is 101 Å². The minimum absolute atomic E-state index is 0.0817. The van der Waals surface area contributed by atoms with Crippen LogP contribution in [0.2, 0.25) is 0 Å². The van der Waals surface area contributed by atoms with Gasteiger partial charge in [-0.15, -0.1) is 0 Å². The summed E-state index contributed by atoms with van der Waals surface area (Å²) in [6, 6.07) is 9.32. The van der Waals surface area contributed by atoms with Gasteiger partial charge in [0.1, 0.15) is 11.6 Å². The summed E-state index contributed by atoms with van der Waals surface area (Å²) in [6.45, 7) is 1.90. The van der Waals surface area contributed by atoms with Crippen molar-refractivity contribution in [2.75, 3.05) is 19.4 Å². The molecule has 0 heterocycles. The number of rotatable bonds is 3. The Morgan fingerprint density at radius 1 is 1.41 bits per heavy atom. The van der Waals surface area contributed by atoms with E-state index >= 15 is 0 Å². The number of hydrogen-bond donors (Lipinski definition) is 1. The SMILES string of the molecule is Cc1ccccc1NC(=O)C(C#N)=CN(C)C. The van der Waals surface area contributed by atoms with Crippen molar-refractivity contribution in [3.05, 3.63) is 41.6 Å². The number of nitrogens with zero attached hydrogens (tertiary/aromatic N) is 2. The Kier molecular flexibility index (Phi) is 4.29. The summed E-state index contributed by atoms with van der Waals surface area (Å²) in [5.41, 5.74) is 1.76. The molecule has 1 N–H and O–H groups in total. The third-order valence-electron chi connectivity index (χ3n) is 2.15. The summed E-state index contributed by atoms with van der Waals surface area (Å²) >= 11 is 0. The number of amides is 1. The Balaban J connectivity index is 2.87. The Morgan fingerprint density at radius 2 is 2.06 bits per heavy atom. The zero-order valence-corrected chi connectivity index (χ0v) is 10.2. The van der Waals surface area contributed by atoms with E-state index in [1.54, 1.807) is 25.1 Å². The van der Waals surface area contributed by atoms with E-state index in [0.717, 1.165) is 11.3 Å². The lowest BCUT2D eigenvalue weighted by atomic mass is 10.2. The molecule has 4 nitrogen and oxygen atoms in total. The molecule has 0 saturated heterocycles. The van der Waals surface area contributed by atoms with Gasteiger partial charge in [-0.05, 0) is 18.6 Å². The molecule has 0 aliphatic rings. The van der Waals surface area contributed by atoms with E-state index in [-0.39, 0.29) is 5.57 Å². The second-order valence-corrected chi connectivity index (χ2v) is 3.89. The van der Waals surface area contributed by atoms with Gasteiger partial charge in [0.05, 0.1) is 0 Å². The van der Waals surface area contributed by atoms with Crippen molar-refractivity contribution in [3.8, 4) is 6.07 Å². The molecular weight excluding hydrogens is 214 g/mol. The largest absolute Gasteiger partial charge is 0.382 e. The molecule has 17 heavy (non-hydrogen) atoms. The molecule has 0 aromatic heterocycles. The summed E-state index contributed by atoms with van der Waals surface area (Å²) in [4.78, 5) is 13.5. The standard InChI is InChI=1S/C13H15N3O/c1-10-6-4-5-7-12(10)15-13(17)11(8-14)9-16(2)3/h4-7,9H,1-3H3,(H,15,17). The molecule has 1 amide bonds. The fraction of sp³-hybridized carbons (Fsp3) is 0.231. The van der Waals surface area contributed by atoms with Crippen LogP contribution in [0.4, 0.5) is 5.69 Å². The molecule has 0 aliphatic carbocycles. The van der Waals surface area contributed by atoms with Crippen LogP contribution in [0.3, 0.4) is 0 Å². The normalized spacial score (nSPS) is 10.6. The molecule has 0 saturated carbocycles. The molecule has 88 valence electrons. The maximum atomic E-state index is 11.8. The van der Waals surface area contributed by atoms with E-state index in [4.69, 9.17) is 5.26 Å². The molecule has 0 unspecified atom stereocenters. The lowest BCUT2D eigenvalue weighted by molar-refractivity contribution is -0.112. The zero-order chi connectivity index (χ0) is 12.8. The van der Waals surface area contributed by atoms with Crippen molar-refractivity contribution in [3.63, 3.8) is 0 Å². The quantitative estimate of drug-likeness (QED) is 0.636. The summed E-state index contributed by atoms with van der Waals surface area (Å²) < 4.78 is 0. The van der Waals surface area contributed by atoms with Crippen molar-refractivity contribution in [2.24, 2.45) is 0 Å². The Bertz CT molecular complexity index is 484. The maximum Gasteiger partial charge on any atom is 0.267 e. The fourth-order valence-corrected chi connectivity index (χ4v) is 1.30. The first-order valence-corrected chi connectivity index (χ1v) is 5.20. The molecule has 0 aliphatic heterocycles. The van der Waals surface area contributed by atoms with E-state index < -0.39 is 5.91 Å². The van der Waals surface area contributed by atoms with Gasteiger partial charge in [0.25, 0.3) is 5.91 Å². The number of carbonyl (C=O) groups excluding carboxylic acids is 1. The lowest BCUT2D eigenvalue weighted by Gasteiger charge is -2.09. The van der Waals surface area contributed by atoms with E-state index in [2.05, 4.69) is 5.32 Å². The number of nitrogens with one attached hydrogen (secondary N) is 1. The molecule has 1 aromatic carbocycles.